The maximum atomic E-state index is 13.5. The van der Waals surface area contributed by atoms with Crippen LogP contribution in [0.4, 0.5) is 0 Å². The van der Waals surface area contributed by atoms with Gasteiger partial charge in [-0.3, -0.25) is 14.5 Å². The first kappa shape index (κ1) is 24.9. The third-order valence-electron chi connectivity index (χ3n) is 8.60. The normalized spacial score (nSPS) is 21.0. The summed E-state index contributed by atoms with van der Waals surface area (Å²) in [6.45, 7) is 3.45. The van der Waals surface area contributed by atoms with Crippen molar-refractivity contribution < 1.29 is 9.59 Å². The van der Waals surface area contributed by atoms with Gasteiger partial charge in [0, 0.05) is 32.7 Å². The van der Waals surface area contributed by atoms with E-state index >= 15 is 0 Å². The highest BCUT2D eigenvalue weighted by Crippen LogP contribution is 2.33. The zero-order valence-corrected chi connectivity index (χ0v) is 22.1. The van der Waals surface area contributed by atoms with Crippen molar-refractivity contribution in [2.24, 2.45) is 0 Å². The number of carbonyl (C=O) groups is 2. The second-order valence-corrected chi connectivity index (χ2v) is 11.2. The average Bonchev–Trinajstić information content (AvgIpc) is 2.97. The Kier molecular flexibility index (Phi) is 7.28. The molecule has 3 fully saturated rings. The SMILES string of the molecule is O=C1C2CN(Cc3ccc(-c4ccccc4)cc3)CCN2C(=O)CN1Cc1ccc(C2CCCCC2)cc1. The minimum absolute atomic E-state index is 0.0697. The summed E-state index contributed by atoms with van der Waals surface area (Å²) >= 11 is 0. The zero-order valence-electron chi connectivity index (χ0n) is 22.1. The summed E-state index contributed by atoms with van der Waals surface area (Å²) in [5.74, 6) is 0.817. The summed E-state index contributed by atoms with van der Waals surface area (Å²) in [5.41, 5.74) is 6.16. The summed E-state index contributed by atoms with van der Waals surface area (Å²) in [5, 5.41) is 0. The van der Waals surface area contributed by atoms with Crippen LogP contribution in [-0.4, -0.2) is 58.7 Å². The van der Waals surface area contributed by atoms with E-state index in [-0.39, 0.29) is 18.4 Å². The van der Waals surface area contributed by atoms with Gasteiger partial charge in [0.1, 0.15) is 12.6 Å². The quantitative estimate of drug-likeness (QED) is 0.445. The van der Waals surface area contributed by atoms with Gasteiger partial charge in [-0.2, -0.15) is 0 Å². The summed E-state index contributed by atoms with van der Waals surface area (Å²) < 4.78 is 0. The third-order valence-corrected chi connectivity index (χ3v) is 8.60. The van der Waals surface area contributed by atoms with Crippen LogP contribution in [-0.2, 0) is 22.7 Å². The number of benzene rings is 3. The van der Waals surface area contributed by atoms with Crippen LogP contribution in [0.3, 0.4) is 0 Å². The lowest BCUT2D eigenvalue weighted by Gasteiger charge is -2.46. The maximum Gasteiger partial charge on any atom is 0.247 e. The van der Waals surface area contributed by atoms with Crippen LogP contribution in [0.25, 0.3) is 11.1 Å². The molecule has 2 saturated heterocycles. The number of nitrogens with zero attached hydrogens (tertiary/aromatic N) is 3. The van der Waals surface area contributed by atoms with E-state index in [9.17, 15) is 9.59 Å². The average molecular weight is 508 g/mol. The molecule has 6 rings (SSSR count). The molecule has 0 bridgehead atoms. The molecule has 1 aliphatic carbocycles. The summed E-state index contributed by atoms with van der Waals surface area (Å²) in [6.07, 6.45) is 6.57. The largest absolute Gasteiger partial charge is 0.327 e. The van der Waals surface area contributed by atoms with Gasteiger partial charge in [-0.1, -0.05) is 98.1 Å². The molecule has 0 radical (unpaired) electrons. The van der Waals surface area contributed by atoms with Crippen molar-refractivity contribution in [3.63, 3.8) is 0 Å². The van der Waals surface area contributed by atoms with Crippen molar-refractivity contribution in [1.29, 1.82) is 0 Å². The first-order valence-electron chi connectivity index (χ1n) is 14.2. The second-order valence-electron chi connectivity index (χ2n) is 11.2. The summed E-state index contributed by atoms with van der Waals surface area (Å²) in [4.78, 5) is 32.4. The van der Waals surface area contributed by atoms with Crippen molar-refractivity contribution >= 4 is 11.8 Å². The molecule has 1 atom stereocenters. The monoisotopic (exact) mass is 507 g/mol. The van der Waals surface area contributed by atoms with Gasteiger partial charge in [0.2, 0.25) is 11.8 Å². The van der Waals surface area contributed by atoms with Crippen LogP contribution in [0.5, 0.6) is 0 Å². The number of hydrogen-bond donors (Lipinski definition) is 0. The molecule has 0 spiro atoms. The number of fused-ring (bicyclic) bond motifs is 1. The fourth-order valence-corrected chi connectivity index (χ4v) is 6.41. The topological polar surface area (TPSA) is 43.9 Å². The third kappa shape index (κ3) is 5.39. The predicted octanol–water partition coefficient (Wildman–Crippen LogP) is 5.46. The minimum Gasteiger partial charge on any atom is -0.327 e. The number of amides is 2. The van der Waals surface area contributed by atoms with Gasteiger partial charge < -0.3 is 9.80 Å². The highest BCUT2D eigenvalue weighted by molar-refractivity contribution is 5.95. The standard InChI is InChI=1S/C33H37N3O2/c37-32-24-35(22-26-13-17-30(18-14-26)28-9-5-2-6-10-28)33(38)31-23-34(19-20-36(31)32)21-25-11-15-29(16-12-25)27-7-3-1-4-8-27/h1,3-4,7-8,11-18,28,31H,2,5-6,9-10,19-24H2. The smallest absolute Gasteiger partial charge is 0.247 e. The van der Waals surface area contributed by atoms with Gasteiger partial charge >= 0.3 is 0 Å². The molecule has 2 aliphatic heterocycles. The van der Waals surface area contributed by atoms with E-state index in [1.807, 2.05) is 6.07 Å². The Labute approximate surface area is 226 Å². The van der Waals surface area contributed by atoms with E-state index in [0.29, 0.717) is 25.6 Å². The van der Waals surface area contributed by atoms with Crippen molar-refractivity contribution in [2.75, 3.05) is 26.2 Å². The van der Waals surface area contributed by atoms with Crippen molar-refractivity contribution in [3.05, 3.63) is 95.6 Å². The van der Waals surface area contributed by atoms with Crippen molar-refractivity contribution in [1.82, 2.24) is 14.7 Å². The fourth-order valence-electron chi connectivity index (χ4n) is 6.41. The predicted molar refractivity (Wildman–Crippen MR) is 150 cm³/mol. The Bertz CT molecular complexity index is 1250. The van der Waals surface area contributed by atoms with E-state index in [4.69, 9.17) is 0 Å². The van der Waals surface area contributed by atoms with Crippen LogP contribution in [0.2, 0.25) is 0 Å². The van der Waals surface area contributed by atoms with Crippen molar-refractivity contribution in [3.8, 4) is 11.1 Å². The molecule has 1 unspecified atom stereocenters. The Morgan fingerprint density at radius 1 is 0.684 bits per heavy atom. The molecule has 38 heavy (non-hydrogen) atoms. The van der Waals surface area contributed by atoms with E-state index in [2.05, 4.69) is 77.7 Å². The second kappa shape index (κ2) is 11.1. The Morgan fingerprint density at radius 2 is 1.34 bits per heavy atom. The molecule has 196 valence electrons. The van der Waals surface area contributed by atoms with E-state index in [1.54, 1.807) is 9.80 Å². The van der Waals surface area contributed by atoms with Gasteiger partial charge in [0.25, 0.3) is 0 Å². The molecule has 5 heteroatoms. The van der Waals surface area contributed by atoms with Crippen LogP contribution in [0, 0.1) is 0 Å². The molecule has 5 nitrogen and oxygen atoms in total. The molecule has 2 heterocycles. The lowest BCUT2D eigenvalue weighted by atomic mass is 9.84. The fraction of sp³-hybridized carbons (Fsp3) is 0.394. The molecule has 2 amide bonds. The summed E-state index contributed by atoms with van der Waals surface area (Å²) in [7, 11) is 0. The molecule has 0 N–H and O–H groups in total. The Balaban J connectivity index is 1.08. The van der Waals surface area contributed by atoms with Gasteiger partial charge in [0.05, 0.1) is 0 Å². The lowest BCUT2D eigenvalue weighted by molar-refractivity contribution is -0.160. The molecule has 3 aromatic carbocycles. The molecule has 3 aromatic rings. The van der Waals surface area contributed by atoms with Gasteiger partial charge in [0.15, 0.2) is 0 Å². The summed E-state index contributed by atoms with van der Waals surface area (Å²) in [6, 6.07) is 27.4. The number of hydrogen-bond acceptors (Lipinski definition) is 3. The lowest BCUT2D eigenvalue weighted by Crippen LogP contribution is -2.66. The highest BCUT2D eigenvalue weighted by Gasteiger charge is 2.42. The Hall–Kier alpha value is -3.44. The van der Waals surface area contributed by atoms with E-state index < -0.39 is 6.04 Å². The minimum atomic E-state index is -0.393. The van der Waals surface area contributed by atoms with E-state index in [1.165, 1.54) is 54.4 Å². The maximum absolute atomic E-state index is 13.5. The number of rotatable bonds is 6. The molecule has 0 aromatic heterocycles. The van der Waals surface area contributed by atoms with Crippen LogP contribution < -0.4 is 0 Å². The zero-order chi connectivity index (χ0) is 25.9. The van der Waals surface area contributed by atoms with Crippen LogP contribution >= 0.6 is 0 Å². The van der Waals surface area contributed by atoms with Crippen LogP contribution in [0.15, 0.2) is 78.9 Å². The first-order valence-corrected chi connectivity index (χ1v) is 14.2. The molecular weight excluding hydrogens is 470 g/mol. The van der Waals surface area contributed by atoms with Crippen LogP contribution in [0.1, 0.15) is 54.7 Å². The highest BCUT2D eigenvalue weighted by atomic mass is 16.2. The molecule has 1 saturated carbocycles. The number of carbonyl (C=O) groups excluding carboxylic acids is 2. The van der Waals surface area contributed by atoms with E-state index in [0.717, 1.165) is 18.7 Å². The molecular formula is C33H37N3O2. The molecule has 3 aliphatic rings. The van der Waals surface area contributed by atoms with Gasteiger partial charge in [-0.15, -0.1) is 0 Å². The number of piperazine rings is 2. The van der Waals surface area contributed by atoms with Crippen molar-refractivity contribution in [2.45, 2.75) is 57.2 Å². The first-order chi connectivity index (χ1) is 18.6. The van der Waals surface area contributed by atoms with Gasteiger partial charge in [-0.25, -0.2) is 0 Å². The van der Waals surface area contributed by atoms with Gasteiger partial charge in [-0.05, 0) is 46.6 Å². The Morgan fingerprint density at radius 3 is 2.08 bits per heavy atom.